The van der Waals surface area contributed by atoms with Crippen molar-refractivity contribution < 1.29 is 24.2 Å². The van der Waals surface area contributed by atoms with E-state index in [1.54, 1.807) is 30.3 Å². The number of rotatable bonds is 7. The molecule has 32 heavy (non-hydrogen) atoms. The number of likely N-dealkylation sites (tertiary alicyclic amines) is 1. The van der Waals surface area contributed by atoms with E-state index in [2.05, 4.69) is 6.58 Å². The molecule has 1 N–H and O–H groups in total. The molecule has 6 heteroatoms. The topological polar surface area (TPSA) is 76.1 Å². The lowest BCUT2D eigenvalue weighted by Crippen LogP contribution is -2.36. The maximum atomic E-state index is 13.1. The first kappa shape index (κ1) is 21.8. The predicted octanol–water partition coefficient (Wildman–Crippen LogP) is 4.16. The summed E-state index contributed by atoms with van der Waals surface area (Å²) >= 11 is 0. The minimum atomic E-state index is -0.700. The second kappa shape index (κ2) is 9.40. The number of ketones is 1. The van der Waals surface area contributed by atoms with Gasteiger partial charge in [-0.1, -0.05) is 54.6 Å². The Bertz CT molecular complexity index is 1030. The highest BCUT2D eigenvalue weighted by Crippen LogP contribution is 2.40. The zero-order chi connectivity index (χ0) is 22.7. The zero-order valence-corrected chi connectivity index (χ0v) is 18.1. The molecule has 2 atom stereocenters. The molecule has 0 saturated carbocycles. The van der Waals surface area contributed by atoms with Gasteiger partial charge in [0.25, 0.3) is 11.7 Å². The van der Waals surface area contributed by atoms with Crippen molar-refractivity contribution in [1.82, 2.24) is 4.90 Å². The summed E-state index contributed by atoms with van der Waals surface area (Å²) in [4.78, 5) is 27.6. The maximum Gasteiger partial charge on any atom is 0.295 e. The highest BCUT2D eigenvalue weighted by molar-refractivity contribution is 6.46. The fourth-order valence-corrected chi connectivity index (χ4v) is 4.19. The van der Waals surface area contributed by atoms with Gasteiger partial charge in [-0.3, -0.25) is 9.59 Å². The number of nitrogens with zero attached hydrogens (tertiary/aromatic N) is 1. The minimum absolute atomic E-state index is 0.0941. The molecule has 1 amide bonds. The summed E-state index contributed by atoms with van der Waals surface area (Å²) in [7, 11) is 0. The number of benzene rings is 2. The van der Waals surface area contributed by atoms with Crippen LogP contribution < -0.4 is 4.74 Å². The van der Waals surface area contributed by atoms with E-state index in [0.29, 0.717) is 31.1 Å². The molecular weight excluding hydrogens is 406 g/mol. The summed E-state index contributed by atoms with van der Waals surface area (Å²) in [5.74, 6) is -0.817. The molecule has 2 saturated heterocycles. The van der Waals surface area contributed by atoms with Crippen molar-refractivity contribution in [2.24, 2.45) is 0 Å². The number of Topliss-reactive ketones (excluding diaryl/α,β-unsaturated/α-hetero) is 1. The van der Waals surface area contributed by atoms with Gasteiger partial charge < -0.3 is 19.5 Å². The van der Waals surface area contributed by atoms with E-state index in [-0.39, 0.29) is 17.4 Å². The summed E-state index contributed by atoms with van der Waals surface area (Å²) in [6.45, 7) is 6.92. The standard InChI is InChI=1S/C26H27NO5/c1-3-14-31-20-12-10-18(11-13-20)23-22(24(28)19-8-6-17(2)7-9-19)25(29)26(30)27(23)16-21-5-4-15-32-21/h3,6-13,21,23,28H,1,4-5,14-16H2,2H3/b24-22+. The molecule has 2 fully saturated rings. The number of aryl methyl sites for hydroxylation is 1. The lowest BCUT2D eigenvalue weighted by Gasteiger charge is -2.27. The monoisotopic (exact) mass is 433 g/mol. The third-order valence-electron chi connectivity index (χ3n) is 5.85. The Labute approximate surface area is 187 Å². The van der Waals surface area contributed by atoms with E-state index in [0.717, 1.165) is 24.0 Å². The molecule has 0 spiro atoms. The molecule has 6 nitrogen and oxygen atoms in total. The Balaban J connectivity index is 1.76. The van der Waals surface area contributed by atoms with Gasteiger partial charge in [-0.05, 0) is 37.5 Å². The van der Waals surface area contributed by atoms with Crippen molar-refractivity contribution >= 4 is 17.4 Å². The van der Waals surface area contributed by atoms with Crippen molar-refractivity contribution in [2.75, 3.05) is 19.8 Å². The van der Waals surface area contributed by atoms with Crippen LogP contribution in [-0.4, -0.2) is 47.6 Å². The summed E-state index contributed by atoms with van der Waals surface area (Å²) in [5, 5.41) is 11.1. The number of aliphatic hydroxyl groups is 1. The summed E-state index contributed by atoms with van der Waals surface area (Å²) in [5.41, 5.74) is 2.35. The van der Waals surface area contributed by atoms with Gasteiger partial charge in [0.1, 0.15) is 18.1 Å². The number of ether oxygens (including phenoxy) is 2. The molecule has 166 valence electrons. The normalized spacial score (nSPS) is 22.3. The fraction of sp³-hybridized carbons (Fsp3) is 0.308. The summed E-state index contributed by atoms with van der Waals surface area (Å²) < 4.78 is 11.3. The highest BCUT2D eigenvalue weighted by atomic mass is 16.5. The number of aliphatic hydroxyl groups excluding tert-OH is 1. The van der Waals surface area contributed by atoms with Crippen molar-refractivity contribution in [3.8, 4) is 5.75 Å². The average Bonchev–Trinajstić information content (AvgIpc) is 3.40. The van der Waals surface area contributed by atoms with E-state index in [4.69, 9.17) is 9.47 Å². The van der Waals surface area contributed by atoms with Gasteiger partial charge in [0.15, 0.2) is 0 Å². The van der Waals surface area contributed by atoms with Crippen LogP contribution in [0.4, 0.5) is 0 Å². The molecule has 2 unspecified atom stereocenters. The largest absolute Gasteiger partial charge is 0.507 e. The van der Waals surface area contributed by atoms with Gasteiger partial charge in [0, 0.05) is 18.7 Å². The van der Waals surface area contributed by atoms with Crippen LogP contribution in [0.2, 0.25) is 0 Å². The number of hydrogen-bond donors (Lipinski definition) is 1. The highest BCUT2D eigenvalue weighted by Gasteiger charge is 2.47. The van der Waals surface area contributed by atoms with Crippen LogP contribution in [0.3, 0.4) is 0 Å². The second-order valence-corrected chi connectivity index (χ2v) is 8.12. The summed E-state index contributed by atoms with van der Waals surface area (Å²) in [6, 6.07) is 13.7. The Hall–Kier alpha value is -3.38. The average molecular weight is 434 g/mol. The third-order valence-corrected chi connectivity index (χ3v) is 5.85. The van der Waals surface area contributed by atoms with Gasteiger partial charge in [-0.15, -0.1) is 0 Å². The number of amides is 1. The Morgan fingerprint density at radius 2 is 1.91 bits per heavy atom. The van der Waals surface area contributed by atoms with Crippen LogP contribution in [0.25, 0.3) is 5.76 Å². The molecule has 2 aromatic rings. The minimum Gasteiger partial charge on any atom is -0.507 e. The predicted molar refractivity (Wildman–Crippen MR) is 121 cm³/mol. The lowest BCUT2D eigenvalue weighted by atomic mass is 9.95. The second-order valence-electron chi connectivity index (χ2n) is 8.12. The van der Waals surface area contributed by atoms with E-state index >= 15 is 0 Å². The molecule has 0 radical (unpaired) electrons. The van der Waals surface area contributed by atoms with Gasteiger partial charge in [0.2, 0.25) is 0 Å². The van der Waals surface area contributed by atoms with Crippen molar-refractivity contribution in [3.05, 3.63) is 83.4 Å². The van der Waals surface area contributed by atoms with E-state index in [1.807, 2.05) is 31.2 Å². The van der Waals surface area contributed by atoms with Gasteiger partial charge >= 0.3 is 0 Å². The first-order valence-electron chi connectivity index (χ1n) is 10.8. The van der Waals surface area contributed by atoms with Crippen LogP contribution in [0.1, 0.15) is 35.6 Å². The van der Waals surface area contributed by atoms with Crippen molar-refractivity contribution in [2.45, 2.75) is 31.9 Å². The summed E-state index contributed by atoms with van der Waals surface area (Å²) in [6.07, 6.45) is 3.30. The van der Waals surface area contributed by atoms with E-state index in [9.17, 15) is 14.7 Å². The quantitative estimate of drug-likeness (QED) is 0.307. The van der Waals surface area contributed by atoms with Gasteiger partial charge in [0.05, 0.1) is 17.7 Å². The van der Waals surface area contributed by atoms with E-state index < -0.39 is 17.7 Å². The van der Waals surface area contributed by atoms with Crippen molar-refractivity contribution in [3.63, 3.8) is 0 Å². The first-order valence-corrected chi connectivity index (χ1v) is 10.8. The molecular formula is C26H27NO5. The number of carbonyl (C=O) groups excluding carboxylic acids is 2. The molecule has 2 heterocycles. The lowest BCUT2D eigenvalue weighted by molar-refractivity contribution is -0.140. The van der Waals surface area contributed by atoms with Gasteiger partial charge in [-0.25, -0.2) is 0 Å². The maximum absolute atomic E-state index is 13.1. The molecule has 4 rings (SSSR count). The van der Waals surface area contributed by atoms with Crippen LogP contribution in [0.15, 0.2) is 66.8 Å². The molecule has 0 bridgehead atoms. The van der Waals surface area contributed by atoms with E-state index in [1.165, 1.54) is 4.90 Å². The molecule has 0 aromatic heterocycles. The SMILES string of the molecule is C=CCOc1ccc(C2/C(=C(\O)c3ccc(C)cc3)C(=O)C(=O)N2CC2CCCO2)cc1. The van der Waals surface area contributed by atoms with Crippen LogP contribution in [0, 0.1) is 6.92 Å². The Morgan fingerprint density at radius 3 is 2.53 bits per heavy atom. The Morgan fingerprint density at radius 1 is 1.19 bits per heavy atom. The molecule has 2 aliphatic heterocycles. The zero-order valence-electron chi connectivity index (χ0n) is 18.1. The molecule has 2 aromatic carbocycles. The first-order chi connectivity index (χ1) is 15.5. The van der Waals surface area contributed by atoms with Crippen molar-refractivity contribution in [1.29, 1.82) is 0 Å². The van der Waals surface area contributed by atoms with Crippen LogP contribution >= 0.6 is 0 Å². The third kappa shape index (κ3) is 4.32. The Kier molecular flexibility index (Phi) is 6.42. The molecule has 2 aliphatic rings. The van der Waals surface area contributed by atoms with Crippen LogP contribution in [0.5, 0.6) is 5.75 Å². The fourth-order valence-electron chi connectivity index (χ4n) is 4.19. The van der Waals surface area contributed by atoms with Crippen LogP contribution in [-0.2, 0) is 14.3 Å². The van der Waals surface area contributed by atoms with Gasteiger partial charge in [-0.2, -0.15) is 0 Å². The molecule has 0 aliphatic carbocycles. The number of carbonyl (C=O) groups is 2. The number of hydrogen-bond acceptors (Lipinski definition) is 5. The smallest absolute Gasteiger partial charge is 0.295 e.